The monoisotopic (exact) mass is 181 g/mol. The lowest BCUT2D eigenvalue weighted by atomic mass is 10.1. The van der Waals surface area contributed by atoms with Crippen LogP contribution in [0.1, 0.15) is 37.9 Å². The lowest BCUT2D eigenvalue weighted by Crippen LogP contribution is -1.98. The van der Waals surface area contributed by atoms with E-state index in [-0.39, 0.29) is 6.15 Å². The number of rotatable bonds is 4. The highest BCUT2D eigenvalue weighted by Crippen LogP contribution is 2.08. The van der Waals surface area contributed by atoms with Crippen molar-refractivity contribution in [1.82, 2.24) is 16.3 Å². The zero-order chi connectivity index (χ0) is 8.81. The third-order valence-electron chi connectivity index (χ3n) is 1.90. The Balaban J connectivity index is 0.00000144. The second-order valence-electron chi connectivity index (χ2n) is 3.00. The average Bonchev–Trinajstić information content (AvgIpc) is 2.09. The summed E-state index contributed by atoms with van der Waals surface area (Å²) in [5, 5.41) is 8.03. The maximum absolute atomic E-state index is 4.14. The van der Waals surface area contributed by atoms with E-state index in [4.69, 9.17) is 0 Å². The van der Waals surface area contributed by atoms with Gasteiger partial charge in [0.1, 0.15) is 0 Å². The number of aromatic nitrogens is 2. The predicted octanol–water partition coefficient (Wildman–Crippen LogP) is 2.54. The van der Waals surface area contributed by atoms with E-state index in [1.807, 2.05) is 0 Å². The average molecular weight is 181 g/mol. The molecule has 13 heavy (non-hydrogen) atoms. The van der Waals surface area contributed by atoms with E-state index in [0.717, 1.165) is 19.3 Å². The van der Waals surface area contributed by atoms with Gasteiger partial charge in [0.25, 0.3) is 0 Å². The highest BCUT2D eigenvalue weighted by Gasteiger charge is 2.00. The fourth-order valence-corrected chi connectivity index (χ4v) is 1.33. The van der Waals surface area contributed by atoms with Gasteiger partial charge in [0.15, 0.2) is 0 Å². The Morgan fingerprint density at radius 2 is 1.85 bits per heavy atom. The van der Waals surface area contributed by atoms with Crippen molar-refractivity contribution in [3.8, 4) is 0 Å². The van der Waals surface area contributed by atoms with Gasteiger partial charge in [0, 0.05) is 6.20 Å². The van der Waals surface area contributed by atoms with E-state index in [1.165, 1.54) is 17.7 Å². The highest BCUT2D eigenvalue weighted by molar-refractivity contribution is 5.17. The maximum Gasteiger partial charge on any atom is 0.0662 e. The van der Waals surface area contributed by atoms with Crippen molar-refractivity contribution in [2.24, 2.45) is 0 Å². The Bertz CT molecular complexity index is 210. The molecular formula is C10H19N3. The van der Waals surface area contributed by atoms with E-state index in [1.54, 1.807) is 6.20 Å². The molecule has 0 saturated carbocycles. The quantitative estimate of drug-likeness (QED) is 0.776. The van der Waals surface area contributed by atoms with Crippen LogP contribution in [0.25, 0.3) is 0 Å². The molecule has 0 amide bonds. The van der Waals surface area contributed by atoms with Gasteiger partial charge in [-0.1, -0.05) is 26.7 Å². The van der Waals surface area contributed by atoms with Gasteiger partial charge in [-0.05, 0) is 24.5 Å². The van der Waals surface area contributed by atoms with Crippen LogP contribution in [-0.2, 0) is 12.8 Å². The lowest BCUT2D eigenvalue weighted by Gasteiger charge is -2.03. The number of hydrogen-bond acceptors (Lipinski definition) is 3. The second kappa shape index (κ2) is 6.54. The highest BCUT2D eigenvalue weighted by atomic mass is 15.1. The molecule has 0 bridgehead atoms. The molecule has 1 rings (SSSR count). The molecule has 0 aliphatic rings. The molecule has 3 N–H and O–H groups in total. The Hall–Kier alpha value is -0.960. The molecule has 0 unspecified atom stereocenters. The topological polar surface area (TPSA) is 60.8 Å². The van der Waals surface area contributed by atoms with Crippen molar-refractivity contribution >= 4 is 0 Å². The van der Waals surface area contributed by atoms with Crippen LogP contribution in [0.15, 0.2) is 12.3 Å². The maximum atomic E-state index is 4.14. The van der Waals surface area contributed by atoms with Gasteiger partial charge in [-0.25, -0.2) is 0 Å². The summed E-state index contributed by atoms with van der Waals surface area (Å²) in [6, 6.07) is 2.08. The van der Waals surface area contributed by atoms with E-state index < -0.39 is 0 Å². The van der Waals surface area contributed by atoms with Crippen molar-refractivity contribution in [2.45, 2.75) is 39.5 Å². The normalized spacial score (nSPS) is 9.38. The summed E-state index contributed by atoms with van der Waals surface area (Å²) in [4.78, 5) is 0. The van der Waals surface area contributed by atoms with Gasteiger partial charge in [0.2, 0.25) is 0 Å². The summed E-state index contributed by atoms with van der Waals surface area (Å²) in [5.74, 6) is 0. The van der Waals surface area contributed by atoms with Gasteiger partial charge in [0.05, 0.1) is 5.69 Å². The van der Waals surface area contributed by atoms with Crippen molar-refractivity contribution < 1.29 is 0 Å². The first-order chi connectivity index (χ1) is 5.88. The standard InChI is InChI=1S/C10H16N2.H3N/c1-3-5-9-7-8-11-12-10(9)6-4-2;/h7-8H,3-6H2,1-2H3;1H3. The molecule has 0 spiro atoms. The molecule has 3 heteroatoms. The minimum absolute atomic E-state index is 0. The number of aryl methyl sites for hydroxylation is 2. The van der Waals surface area contributed by atoms with Gasteiger partial charge in [-0.15, -0.1) is 0 Å². The Labute approximate surface area is 80.2 Å². The number of hydrogen-bond donors (Lipinski definition) is 1. The number of nitrogens with zero attached hydrogens (tertiary/aromatic N) is 2. The van der Waals surface area contributed by atoms with Crippen LogP contribution < -0.4 is 6.15 Å². The molecule has 0 aliphatic carbocycles. The summed E-state index contributed by atoms with van der Waals surface area (Å²) in [6.45, 7) is 4.36. The first-order valence-electron chi connectivity index (χ1n) is 4.68. The zero-order valence-electron chi connectivity index (χ0n) is 8.58. The third-order valence-corrected chi connectivity index (χ3v) is 1.90. The van der Waals surface area contributed by atoms with E-state index in [0.29, 0.717) is 0 Å². The lowest BCUT2D eigenvalue weighted by molar-refractivity contribution is 0.793. The SMILES string of the molecule is CCCc1ccnnc1CCC.N. The summed E-state index contributed by atoms with van der Waals surface area (Å²) in [6.07, 6.45) is 6.30. The Kier molecular flexibility index (Phi) is 6.06. The molecule has 0 aromatic carbocycles. The molecular weight excluding hydrogens is 162 g/mol. The van der Waals surface area contributed by atoms with E-state index in [2.05, 4.69) is 30.1 Å². The minimum Gasteiger partial charge on any atom is -0.344 e. The van der Waals surface area contributed by atoms with Crippen molar-refractivity contribution in [3.63, 3.8) is 0 Å². The van der Waals surface area contributed by atoms with Crippen LogP contribution in [-0.4, -0.2) is 10.2 Å². The second-order valence-corrected chi connectivity index (χ2v) is 3.00. The van der Waals surface area contributed by atoms with Crippen molar-refractivity contribution in [3.05, 3.63) is 23.5 Å². The molecule has 0 atom stereocenters. The van der Waals surface area contributed by atoms with E-state index in [9.17, 15) is 0 Å². The van der Waals surface area contributed by atoms with Crippen molar-refractivity contribution in [1.29, 1.82) is 0 Å². The minimum atomic E-state index is 0. The van der Waals surface area contributed by atoms with Gasteiger partial charge < -0.3 is 6.15 Å². The van der Waals surface area contributed by atoms with Gasteiger partial charge in [-0.2, -0.15) is 10.2 Å². The largest absolute Gasteiger partial charge is 0.344 e. The van der Waals surface area contributed by atoms with Gasteiger partial charge >= 0.3 is 0 Å². The molecule has 0 fully saturated rings. The Morgan fingerprint density at radius 3 is 2.46 bits per heavy atom. The summed E-state index contributed by atoms with van der Waals surface area (Å²) in [7, 11) is 0. The van der Waals surface area contributed by atoms with Crippen LogP contribution >= 0.6 is 0 Å². The van der Waals surface area contributed by atoms with Crippen LogP contribution in [0, 0.1) is 0 Å². The van der Waals surface area contributed by atoms with Crippen molar-refractivity contribution in [2.75, 3.05) is 0 Å². The molecule has 1 aromatic heterocycles. The van der Waals surface area contributed by atoms with Crippen LogP contribution in [0.5, 0.6) is 0 Å². The molecule has 1 heterocycles. The molecule has 0 radical (unpaired) electrons. The predicted molar refractivity (Wildman–Crippen MR) is 55.0 cm³/mol. The molecule has 74 valence electrons. The molecule has 0 saturated heterocycles. The third kappa shape index (κ3) is 3.51. The Morgan fingerprint density at radius 1 is 1.15 bits per heavy atom. The van der Waals surface area contributed by atoms with Crippen LogP contribution in [0.4, 0.5) is 0 Å². The van der Waals surface area contributed by atoms with Gasteiger partial charge in [-0.3, -0.25) is 0 Å². The smallest absolute Gasteiger partial charge is 0.0662 e. The van der Waals surface area contributed by atoms with Crippen LogP contribution in [0.2, 0.25) is 0 Å². The fraction of sp³-hybridized carbons (Fsp3) is 0.600. The summed E-state index contributed by atoms with van der Waals surface area (Å²) >= 11 is 0. The van der Waals surface area contributed by atoms with E-state index >= 15 is 0 Å². The molecule has 0 aliphatic heterocycles. The fourth-order valence-electron chi connectivity index (χ4n) is 1.33. The summed E-state index contributed by atoms with van der Waals surface area (Å²) < 4.78 is 0. The van der Waals surface area contributed by atoms with Crippen LogP contribution in [0.3, 0.4) is 0 Å². The zero-order valence-corrected chi connectivity index (χ0v) is 8.58. The first-order valence-corrected chi connectivity index (χ1v) is 4.68. The molecule has 3 nitrogen and oxygen atoms in total. The first kappa shape index (κ1) is 12.0. The molecule has 1 aromatic rings. The summed E-state index contributed by atoms with van der Waals surface area (Å²) in [5.41, 5.74) is 2.55.